The summed E-state index contributed by atoms with van der Waals surface area (Å²) in [4.78, 5) is 11.3. The van der Waals surface area contributed by atoms with Crippen molar-refractivity contribution in [3.05, 3.63) is 53.6 Å². The van der Waals surface area contributed by atoms with Crippen molar-refractivity contribution in [3.8, 4) is 16.9 Å². The predicted molar refractivity (Wildman–Crippen MR) is 81.1 cm³/mol. The van der Waals surface area contributed by atoms with E-state index in [9.17, 15) is 23.1 Å². The quantitative estimate of drug-likeness (QED) is 0.898. The van der Waals surface area contributed by atoms with Crippen molar-refractivity contribution in [1.82, 2.24) is 5.32 Å². The Morgan fingerprint density at radius 1 is 1.17 bits per heavy atom. The van der Waals surface area contributed by atoms with E-state index in [1.807, 2.05) is 0 Å². The van der Waals surface area contributed by atoms with Gasteiger partial charge in [0.1, 0.15) is 17.4 Å². The van der Waals surface area contributed by atoms with E-state index in [0.717, 1.165) is 6.07 Å². The molecule has 3 rings (SSSR count). The largest absolute Gasteiger partial charge is 0.487 e. The van der Waals surface area contributed by atoms with Crippen LogP contribution in [0.1, 0.15) is 15.9 Å². The fraction of sp³-hybridized carbons (Fsp3) is 0.235. The third kappa shape index (κ3) is 3.21. The first-order valence-corrected chi connectivity index (χ1v) is 7.27. The summed E-state index contributed by atoms with van der Waals surface area (Å²) in [5.74, 6) is -1.11. The lowest BCUT2D eigenvalue weighted by Gasteiger charge is -2.28. The molecule has 1 aliphatic heterocycles. The van der Waals surface area contributed by atoms with Crippen LogP contribution in [0.5, 0.6) is 5.75 Å². The summed E-state index contributed by atoms with van der Waals surface area (Å²) in [6, 6.07) is 9.16. The number of carboxylic acids is 1. The van der Waals surface area contributed by atoms with Gasteiger partial charge in [-0.3, -0.25) is 0 Å². The molecule has 0 spiro atoms. The van der Waals surface area contributed by atoms with Crippen LogP contribution in [0.15, 0.2) is 42.5 Å². The molecule has 0 aliphatic carbocycles. The molecule has 0 atom stereocenters. The van der Waals surface area contributed by atoms with Crippen LogP contribution in [-0.2, 0) is 6.18 Å². The highest BCUT2D eigenvalue weighted by molar-refractivity contribution is 5.92. The molecule has 2 aromatic carbocycles. The highest BCUT2D eigenvalue weighted by Crippen LogP contribution is 2.38. The van der Waals surface area contributed by atoms with Gasteiger partial charge in [-0.2, -0.15) is 13.2 Å². The average Bonchev–Trinajstić information content (AvgIpc) is 2.49. The first kappa shape index (κ1) is 16.3. The number of nitrogens with one attached hydrogen (secondary N) is 1. The van der Waals surface area contributed by atoms with Gasteiger partial charge in [-0.15, -0.1) is 0 Å². The Morgan fingerprint density at radius 3 is 2.46 bits per heavy atom. The number of aromatic carboxylic acids is 1. The zero-order valence-electron chi connectivity index (χ0n) is 12.4. The Hall–Kier alpha value is -2.54. The molecular weight excluding hydrogens is 323 g/mol. The van der Waals surface area contributed by atoms with Crippen molar-refractivity contribution in [3.63, 3.8) is 0 Å². The molecule has 1 fully saturated rings. The summed E-state index contributed by atoms with van der Waals surface area (Å²) in [7, 11) is 0. The van der Waals surface area contributed by atoms with E-state index >= 15 is 0 Å². The molecule has 0 aromatic heterocycles. The summed E-state index contributed by atoms with van der Waals surface area (Å²) in [5, 5.41) is 12.2. The van der Waals surface area contributed by atoms with Gasteiger partial charge in [-0.25, -0.2) is 4.79 Å². The monoisotopic (exact) mass is 337 g/mol. The van der Waals surface area contributed by atoms with Crippen LogP contribution >= 0.6 is 0 Å². The highest BCUT2D eigenvalue weighted by Gasteiger charge is 2.33. The van der Waals surface area contributed by atoms with Crippen LogP contribution in [0.3, 0.4) is 0 Å². The molecule has 7 heteroatoms. The maximum Gasteiger partial charge on any atom is 0.417 e. The molecule has 1 saturated heterocycles. The summed E-state index contributed by atoms with van der Waals surface area (Å²) in [5.41, 5.74) is -0.604. The van der Waals surface area contributed by atoms with Crippen LogP contribution in [0.2, 0.25) is 0 Å². The topological polar surface area (TPSA) is 58.6 Å². The number of halogens is 3. The van der Waals surface area contributed by atoms with Crippen LogP contribution in [0, 0.1) is 0 Å². The minimum absolute atomic E-state index is 0.0153. The predicted octanol–water partition coefficient (Wildman–Crippen LogP) is 3.42. The van der Waals surface area contributed by atoms with Gasteiger partial charge in [0.25, 0.3) is 0 Å². The smallest absolute Gasteiger partial charge is 0.417 e. The fourth-order valence-corrected chi connectivity index (χ4v) is 2.47. The number of rotatable bonds is 4. The van der Waals surface area contributed by atoms with E-state index < -0.39 is 17.7 Å². The number of carbonyl (C=O) groups is 1. The number of hydrogen-bond donors (Lipinski definition) is 2. The normalized spacial score (nSPS) is 15.0. The van der Waals surface area contributed by atoms with Gasteiger partial charge < -0.3 is 15.2 Å². The van der Waals surface area contributed by atoms with Gasteiger partial charge in [0.2, 0.25) is 0 Å². The lowest BCUT2D eigenvalue weighted by atomic mass is 9.97. The summed E-state index contributed by atoms with van der Waals surface area (Å²) in [6.45, 7) is 1.14. The van der Waals surface area contributed by atoms with E-state index in [2.05, 4.69) is 5.32 Å². The first-order valence-electron chi connectivity index (χ1n) is 7.27. The number of hydrogen-bond acceptors (Lipinski definition) is 3. The molecule has 0 unspecified atom stereocenters. The van der Waals surface area contributed by atoms with Crippen molar-refractivity contribution in [2.45, 2.75) is 12.3 Å². The molecule has 2 aromatic rings. The van der Waals surface area contributed by atoms with Crippen molar-refractivity contribution in [2.24, 2.45) is 0 Å². The zero-order chi connectivity index (χ0) is 17.3. The summed E-state index contributed by atoms with van der Waals surface area (Å²) in [6.07, 6.45) is -4.68. The standard InChI is InChI=1S/C17H14F3NO3/c18-17(19,20)14-4-2-1-3-12(14)10-5-6-13(16(22)23)15(7-10)24-11-8-21-9-11/h1-7,11,21H,8-9H2,(H,22,23). The minimum Gasteiger partial charge on any atom is -0.487 e. The Labute approximate surface area is 135 Å². The molecule has 1 aliphatic rings. The molecule has 0 radical (unpaired) electrons. The molecule has 0 saturated carbocycles. The molecule has 126 valence electrons. The second kappa shape index (κ2) is 6.16. The zero-order valence-corrected chi connectivity index (χ0v) is 12.4. The molecular formula is C17H14F3NO3. The van der Waals surface area contributed by atoms with E-state index in [1.165, 1.54) is 36.4 Å². The van der Waals surface area contributed by atoms with E-state index in [0.29, 0.717) is 13.1 Å². The van der Waals surface area contributed by atoms with E-state index in [4.69, 9.17) is 4.74 Å². The lowest BCUT2D eigenvalue weighted by Crippen LogP contribution is -2.50. The third-order valence-corrected chi connectivity index (χ3v) is 3.79. The number of carboxylic acid groups (broad SMARTS) is 1. The highest BCUT2D eigenvalue weighted by atomic mass is 19.4. The SMILES string of the molecule is O=C(O)c1ccc(-c2ccccc2C(F)(F)F)cc1OC1CNC1. The van der Waals surface area contributed by atoms with Crippen LogP contribution in [0.25, 0.3) is 11.1 Å². The number of ether oxygens (including phenoxy) is 1. The average molecular weight is 337 g/mol. The van der Waals surface area contributed by atoms with Gasteiger partial charge >= 0.3 is 12.1 Å². The number of benzene rings is 2. The molecule has 1 heterocycles. The summed E-state index contributed by atoms with van der Waals surface area (Å²) < 4.78 is 45.2. The Bertz CT molecular complexity index is 770. The molecule has 0 bridgehead atoms. The van der Waals surface area contributed by atoms with Crippen LogP contribution < -0.4 is 10.1 Å². The second-order valence-corrected chi connectivity index (χ2v) is 5.46. The van der Waals surface area contributed by atoms with Crippen molar-refractivity contribution >= 4 is 5.97 Å². The number of alkyl halides is 3. The van der Waals surface area contributed by atoms with Gasteiger partial charge in [-0.1, -0.05) is 24.3 Å². The Kier molecular flexibility index (Phi) is 4.19. The summed E-state index contributed by atoms with van der Waals surface area (Å²) >= 11 is 0. The molecule has 4 nitrogen and oxygen atoms in total. The van der Waals surface area contributed by atoms with Crippen LogP contribution in [0.4, 0.5) is 13.2 Å². The van der Waals surface area contributed by atoms with Crippen molar-refractivity contribution in [2.75, 3.05) is 13.1 Å². The maximum absolute atomic E-state index is 13.2. The van der Waals surface area contributed by atoms with Gasteiger partial charge in [-0.05, 0) is 29.3 Å². The third-order valence-electron chi connectivity index (χ3n) is 3.79. The van der Waals surface area contributed by atoms with E-state index in [-0.39, 0.29) is 28.5 Å². The second-order valence-electron chi connectivity index (χ2n) is 5.46. The Morgan fingerprint density at radius 2 is 1.88 bits per heavy atom. The van der Waals surface area contributed by atoms with Crippen molar-refractivity contribution < 1.29 is 27.8 Å². The molecule has 0 amide bonds. The minimum atomic E-state index is -4.50. The van der Waals surface area contributed by atoms with E-state index in [1.54, 1.807) is 0 Å². The van der Waals surface area contributed by atoms with Gasteiger partial charge in [0.15, 0.2) is 0 Å². The lowest BCUT2D eigenvalue weighted by molar-refractivity contribution is -0.137. The van der Waals surface area contributed by atoms with Gasteiger partial charge in [0, 0.05) is 13.1 Å². The fourth-order valence-electron chi connectivity index (χ4n) is 2.47. The first-order chi connectivity index (χ1) is 11.4. The van der Waals surface area contributed by atoms with Crippen LogP contribution in [-0.4, -0.2) is 30.3 Å². The van der Waals surface area contributed by atoms with Crippen molar-refractivity contribution in [1.29, 1.82) is 0 Å². The van der Waals surface area contributed by atoms with Gasteiger partial charge in [0.05, 0.1) is 5.56 Å². The maximum atomic E-state index is 13.2. The molecule has 2 N–H and O–H groups in total. The molecule has 24 heavy (non-hydrogen) atoms. The Balaban J connectivity index is 2.06.